The first kappa shape index (κ1) is 21.3. The van der Waals surface area contributed by atoms with Crippen LogP contribution in [0.3, 0.4) is 0 Å². The van der Waals surface area contributed by atoms with Crippen LogP contribution in [0, 0.1) is 6.92 Å². The summed E-state index contributed by atoms with van der Waals surface area (Å²) in [6, 6.07) is 2.85. The van der Waals surface area contributed by atoms with E-state index in [1.54, 1.807) is 20.8 Å². The zero-order chi connectivity index (χ0) is 22.4. The van der Waals surface area contributed by atoms with Crippen molar-refractivity contribution in [3.05, 3.63) is 35.0 Å². The summed E-state index contributed by atoms with van der Waals surface area (Å²) in [5.74, 6) is 0. The SMILES string of the molecule is [2H]C(C)(C)N(C)S(=O)(=O)C(C)c1cc2c(C(C)(C)CN(C)CC)c[nH]c2cc1C. The van der Waals surface area contributed by atoms with Crippen LogP contribution in [0.15, 0.2) is 18.3 Å². The molecular weight excluding hydrogens is 370 g/mol. The molecule has 0 saturated carbocycles. The van der Waals surface area contributed by atoms with Gasteiger partial charge in [-0.3, -0.25) is 0 Å². The van der Waals surface area contributed by atoms with E-state index in [2.05, 4.69) is 43.9 Å². The molecule has 1 unspecified atom stereocenters. The molecule has 5 nitrogen and oxygen atoms in total. The van der Waals surface area contributed by atoms with Crippen molar-refractivity contribution in [2.75, 3.05) is 27.2 Å². The molecule has 1 aromatic carbocycles. The summed E-state index contributed by atoms with van der Waals surface area (Å²) in [5, 5.41) is 0.334. The fourth-order valence-electron chi connectivity index (χ4n) is 3.82. The van der Waals surface area contributed by atoms with Gasteiger partial charge in [-0.25, -0.2) is 12.7 Å². The Morgan fingerprint density at radius 3 is 2.36 bits per heavy atom. The molecule has 0 aliphatic carbocycles. The Labute approximate surface area is 172 Å². The van der Waals surface area contributed by atoms with Gasteiger partial charge >= 0.3 is 0 Å². The highest BCUT2D eigenvalue weighted by Crippen LogP contribution is 2.36. The molecule has 6 heteroatoms. The molecule has 0 radical (unpaired) electrons. The first-order valence-electron chi connectivity index (χ1n) is 10.4. The Bertz CT molecular complexity index is 974. The van der Waals surface area contributed by atoms with Gasteiger partial charge in [0.15, 0.2) is 0 Å². The average molecular weight is 409 g/mol. The summed E-state index contributed by atoms with van der Waals surface area (Å²) in [6.45, 7) is 15.3. The molecule has 0 fully saturated rings. The lowest BCUT2D eigenvalue weighted by atomic mass is 9.83. The second-order valence-corrected chi connectivity index (χ2v) is 11.1. The van der Waals surface area contributed by atoms with Gasteiger partial charge in [0.05, 0.1) is 5.25 Å². The Hall–Kier alpha value is -1.37. The van der Waals surface area contributed by atoms with E-state index in [0.717, 1.165) is 39.4 Å². The van der Waals surface area contributed by atoms with Crippen LogP contribution < -0.4 is 0 Å². The second-order valence-electron chi connectivity index (χ2n) is 8.77. The average Bonchev–Trinajstić information content (AvgIpc) is 3.01. The van der Waals surface area contributed by atoms with Gasteiger partial charge in [0.1, 0.15) is 0 Å². The molecule has 1 aromatic heterocycles. The van der Waals surface area contributed by atoms with Crippen LogP contribution >= 0.6 is 0 Å². The van der Waals surface area contributed by atoms with E-state index < -0.39 is 21.3 Å². The van der Waals surface area contributed by atoms with Crippen LogP contribution in [0.25, 0.3) is 10.9 Å². The number of hydrogen-bond acceptors (Lipinski definition) is 3. The molecule has 1 heterocycles. The van der Waals surface area contributed by atoms with Crippen LogP contribution in [-0.4, -0.2) is 55.8 Å². The number of nitrogens with one attached hydrogen (secondary N) is 1. The molecular formula is C22H37N3O2S. The Morgan fingerprint density at radius 2 is 1.82 bits per heavy atom. The normalized spacial score (nSPS) is 15.5. The third kappa shape index (κ3) is 4.29. The smallest absolute Gasteiger partial charge is 0.220 e. The third-order valence-electron chi connectivity index (χ3n) is 5.90. The first-order chi connectivity index (χ1) is 13.1. The number of aromatic amines is 1. The predicted molar refractivity (Wildman–Crippen MR) is 119 cm³/mol. The third-order valence-corrected chi connectivity index (χ3v) is 8.17. The Kier molecular flexibility index (Phi) is 6.23. The zero-order valence-electron chi connectivity index (χ0n) is 19.8. The molecule has 0 aliphatic rings. The van der Waals surface area contributed by atoms with Crippen LogP contribution in [0.5, 0.6) is 0 Å². The van der Waals surface area contributed by atoms with Crippen molar-refractivity contribution in [1.29, 1.82) is 0 Å². The minimum absolute atomic E-state index is 0.0857. The van der Waals surface area contributed by atoms with Crippen molar-refractivity contribution >= 4 is 20.9 Å². The van der Waals surface area contributed by atoms with Crippen molar-refractivity contribution in [2.45, 2.75) is 65.1 Å². The van der Waals surface area contributed by atoms with Crippen LogP contribution in [0.4, 0.5) is 0 Å². The quantitative estimate of drug-likeness (QED) is 0.703. The van der Waals surface area contributed by atoms with Crippen LogP contribution in [0.1, 0.15) is 64.9 Å². The summed E-state index contributed by atoms with van der Waals surface area (Å²) in [7, 11) is -0.0732. The maximum atomic E-state index is 13.2. The molecule has 1 N–H and O–H groups in total. The van der Waals surface area contributed by atoms with E-state index in [1.165, 1.54) is 12.6 Å². The standard InChI is InChI=1S/C22H37N3O2S/c1-10-24(8)14-22(6,7)20-13-23-21-11-16(4)18(12-19(20)21)17(5)28(26,27)25(9)15(2)3/h11-13,15,17,23H,10,14H2,1-9H3/i15D. The first-order valence-corrected chi connectivity index (χ1v) is 11.4. The lowest BCUT2D eigenvalue weighted by Gasteiger charge is -2.30. The number of likely N-dealkylation sites (N-methyl/N-ethyl adjacent to an activating group) is 1. The maximum absolute atomic E-state index is 13.2. The van der Waals surface area contributed by atoms with E-state index in [-0.39, 0.29) is 5.41 Å². The summed E-state index contributed by atoms with van der Waals surface area (Å²) in [5.41, 5.74) is 3.84. The van der Waals surface area contributed by atoms with Crippen molar-refractivity contribution in [3.63, 3.8) is 0 Å². The molecule has 0 saturated heterocycles. The lowest BCUT2D eigenvalue weighted by Crippen LogP contribution is -2.36. The minimum Gasteiger partial charge on any atom is -0.361 e. The molecule has 0 amide bonds. The summed E-state index contributed by atoms with van der Waals surface area (Å²) in [6.07, 6.45) is 2.05. The molecule has 0 spiro atoms. The number of hydrogen-bond donors (Lipinski definition) is 1. The van der Waals surface area contributed by atoms with Gasteiger partial charge in [0.25, 0.3) is 0 Å². The molecule has 2 rings (SSSR count). The summed E-state index contributed by atoms with van der Waals surface area (Å²) < 4.78 is 35.6. The highest BCUT2D eigenvalue weighted by atomic mass is 32.2. The van der Waals surface area contributed by atoms with E-state index in [0.29, 0.717) is 0 Å². The molecule has 2 aromatic rings. The fraction of sp³-hybridized carbons (Fsp3) is 0.636. The van der Waals surface area contributed by atoms with E-state index in [1.807, 2.05) is 19.1 Å². The summed E-state index contributed by atoms with van der Waals surface area (Å²) in [4.78, 5) is 5.65. The number of aromatic nitrogens is 1. The second kappa shape index (κ2) is 8.17. The minimum atomic E-state index is -3.67. The molecule has 0 bridgehead atoms. The van der Waals surface area contributed by atoms with Crippen LogP contribution in [0.2, 0.25) is 0 Å². The zero-order valence-corrected chi connectivity index (χ0v) is 19.7. The van der Waals surface area contributed by atoms with Gasteiger partial charge < -0.3 is 9.88 Å². The van der Waals surface area contributed by atoms with Gasteiger partial charge in [0.2, 0.25) is 10.0 Å². The van der Waals surface area contributed by atoms with Crippen molar-refractivity contribution in [3.8, 4) is 0 Å². The van der Waals surface area contributed by atoms with E-state index >= 15 is 0 Å². The van der Waals surface area contributed by atoms with Gasteiger partial charge in [-0.15, -0.1) is 0 Å². The number of sulfonamides is 1. The monoisotopic (exact) mass is 408 g/mol. The number of nitrogens with zero attached hydrogens (tertiary/aromatic N) is 2. The topological polar surface area (TPSA) is 56.4 Å². The number of H-pyrrole nitrogens is 1. The van der Waals surface area contributed by atoms with Gasteiger partial charge in [-0.1, -0.05) is 20.8 Å². The Balaban J connectivity index is 2.58. The van der Waals surface area contributed by atoms with Crippen LogP contribution in [-0.2, 0) is 15.4 Å². The lowest BCUT2D eigenvalue weighted by molar-refractivity contribution is 0.281. The molecule has 158 valence electrons. The van der Waals surface area contributed by atoms with Gasteiger partial charge in [-0.05, 0) is 70.1 Å². The van der Waals surface area contributed by atoms with Gasteiger partial charge in [0, 0.05) is 43.5 Å². The maximum Gasteiger partial charge on any atom is 0.220 e. The molecule has 28 heavy (non-hydrogen) atoms. The largest absolute Gasteiger partial charge is 0.361 e. The molecule has 0 aliphatic heterocycles. The summed E-state index contributed by atoms with van der Waals surface area (Å²) >= 11 is 0. The van der Waals surface area contributed by atoms with Crippen molar-refractivity contribution < 1.29 is 9.79 Å². The fourth-order valence-corrected chi connectivity index (χ4v) is 5.37. The van der Waals surface area contributed by atoms with Crippen molar-refractivity contribution in [1.82, 2.24) is 14.2 Å². The number of benzene rings is 1. The molecule has 1 atom stereocenters. The predicted octanol–water partition coefficient (Wildman–Crippen LogP) is 4.44. The Morgan fingerprint density at radius 1 is 1.21 bits per heavy atom. The number of aryl methyl sites for hydroxylation is 1. The highest BCUT2D eigenvalue weighted by Gasteiger charge is 2.31. The van der Waals surface area contributed by atoms with E-state index in [4.69, 9.17) is 1.37 Å². The number of fused-ring (bicyclic) bond motifs is 1. The highest BCUT2D eigenvalue weighted by molar-refractivity contribution is 7.89. The van der Waals surface area contributed by atoms with Crippen molar-refractivity contribution in [2.24, 2.45) is 0 Å². The van der Waals surface area contributed by atoms with E-state index in [9.17, 15) is 8.42 Å². The van der Waals surface area contributed by atoms with Gasteiger partial charge in [-0.2, -0.15) is 0 Å². The number of rotatable bonds is 8.